The molecular formula is C24H19BrCl2N2O2S. The Balaban J connectivity index is 1.49. The fraction of sp³-hybridized carbons (Fsp3) is 0.167. The van der Waals surface area contributed by atoms with Crippen LogP contribution in [0.3, 0.4) is 0 Å². The quantitative estimate of drug-likeness (QED) is 0.334. The van der Waals surface area contributed by atoms with E-state index in [4.69, 9.17) is 23.2 Å². The van der Waals surface area contributed by atoms with Crippen molar-refractivity contribution >= 4 is 60.5 Å². The van der Waals surface area contributed by atoms with E-state index in [-0.39, 0.29) is 27.6 Å². The molecule has 8 heteroatoms. The Labute approximate surface area is 205 Å². The molecule has 0 aromatic heterocycles. The predicted octanol–water partition coefficient (Wildman–Crippen LogP) is 7.38. The van der Waals surface area contributed by atoms with Crippen molar-refractivity contribution in [1.29, 1.82) is 0 Å². The highest BCUT2D eigenvalue weighted by atomic mass is 79.9. The number of anilines is 2. The van der Waals surface area contributed by atoms with Crippen LogP contribution < -0.4 is 10.0 Å². The minimum Gasteiger partial charge on any atom is -0.378 e. The topological polar surface area (TPSA) is 58.2 Å². The average molecular weight is 550 g/mol. The maximum atomic E-state index is 13.1. The Bertz CT molecular complexity index is 1330. The molecule has 0 bridgehead atoms. The Morgan fingerprint density at radius 1 is 1.03 bits per heavy atom. The summed E-state index contributed by atoms with van der Waals surface area (Å²) in [5, 5.41) is 4.11. The molecule has 1 aliphatic heterocycles. The molecule has 32 heavy (non-hydrogen) atoms. The zero-order chi connectivity index (χ0) is 22.5. The molecule has 0 radical (unpaired) electrons. The number of hydrogen-bond acceptors (Lipinski definition) is 3. The first kappa shape index (κ1) is 21.8. The maximum absolute atomic E-state index is 13.1. The molecule has 5 rings (SSSR count). The lowest BCUT2D eigenvalue weighted by Crippen LogP contribution is -2.29. The van der Waals surface area contributed by atoms with Crippen LogP contribution in [0.15, 0.2) is 82.2 Å². The first-order valence-corrected chi connectivity index (χ1v) is 13.2. The van der Waals surface area contributed by atoms with Crippen LogP contribution in [0.4, 0.5) is 11.4 Å². The molecule has 4 nitrogen and oxygen atoms in total. The van der Waals surface area contributed by atoms with E-state index in [9.17, 15) is 8.42 Å². The summed E-state index contributed by atoms with van der Waals surface area (Å²) < 4.78 is 29.8. The van der Waals surface area contributed by atoms with Gasteiger partial charge in [0.1, 0.15) is 0 Å². The standard InChI is InChI=1S/C24H19BrCl2N2O2S/c25-15-9-7-14(8-10-15)24-18-4-1-3-17(18)19-13-16(11-12-21(19)28-24)32(30,31)29-22-6-2-5-20(26)23(22)27/h1-3,5-13,17-18,24,28-29H,4H2/t17-,18+,24-/m0/s1. The molecule has 2 N–H and O–H groups in total. The summed E-state index contributed by atoms with van der Waals surface area (Å²) in [6.45, 7) is 0. The molecule has 1 heterocycles. The van der Waals surface area contributed by atoms with E-state index < -0.39 is 10.0 Å². The van der Waals surface area contributed by atoms with Crippen molar-refractivity contribution in [2.24, 2.45) is 5.92 Å². The van der Waals surface area contributed by atoms with Crippen molar-refractivity contribution in [2.45, 2.75) is 23.3 Å². The summed E-state index contributed by atoms with van der Waals surface area (Å²) in [6, 6.07) is 18.6. The Morgan fingerprint density at radius 2 is 1.81 bits per heavy atom. The van der Waals surface area contributed by atoms with Gasteiger partial charge in [-0.25, -0.2) is 8.42 Å². The Kier molecular flexibility index (Phi) is 5.74. The third kappa shape index (κ3) is 3.94. The van der Waals surface area contributed by atoms with Crippen LogP contribution in [0.5, 0.6) is 0 Å². The molecule has 0 unspecified atom stereocenters. The van der Waals surface area contributed by atoms with Gasteiger partial charge in [0.15, 0.2) is 0 Å². The van der Waals surface area contributed by atoms with E-state index in [1.54, 1.807) is 30.3 Å². The van der Waals surface area contributed by atoms with Gasteiger partial charge in [-0.3, -0.25) is 4.72 Å². The van der Waals surface area contributed by atoms with E-state index in [2.05, 4.69) is 50.3 Å². The van der Waals surface area contributed by atoms with Crippen LogP contribution in [0.25, 0.3) is 0 Å². The molecule has 0 saturated carbocycles. The van der Waals surface area contributed by atoms with Gasteiger partial charge in [0, 0.05) is 16.1 Å². The second-order valence-electron chi connectivity index (χ2n) is 7.98. The summed E-state index contributed by atoms with van der Waals surface area (Å²) >= 11 is 15.7. The largest absolute Gasteiger partial charge is 0.378 e. The first-order chi connectivity index (χ1) is 15.3. The number of fused-ring (bicyclic) bond motifs is 3. The van der Waals surface area contributed by atoms with Gasteiger partial charge in [0.25, 0.3) is 10.0 Å². The second kappa shape index (κ2) is 8.41. The molecule has 2 aliphatic rings. The average Bonchev–Trinajstić information content (AvgIpc) is 3.27. The smallest absolute Gasteiger partial charge is 0.261 e. The highest BCUT2D eigenvalue weighted by Gasteiger charge is 2.38. The van der Waals surface area contributed by atoms with Crippen LogP contribution >= 0.6 is 39.1 Å². The summed E-state index contributed by atoms with van der Waals surface area (Å²) in [5.74, 6) is 0.460. The lowest BCUT2D eigenvalue weighted by atomic mass is 9.77. The van der Waals surface area contributed by atoms with Crippen molar-refractivity contribution in [2.75, 3.05) is 10.0 Å². The molecule has 3 aromatic rings. The van der Waals surface area contributed by atoms with Crippen LogP contribution in [-0.2, 0) is 10.0 Å². The van der Waals surface area contributed by atoms with Gasteiger partial charge in [-0.1, -0.05) is 69.5 Å². The van der Waals surface area contributed by atoms with Gasteiger partial charge < -0.3 is 5.32 Å². The third-order valence-electron chi connectivity index (χ3n) is 6.07. The Morgan fingerprint density at radius 3 is 2.59 bits per heavy atom. The van der Waals surface area contributed by atoms with Crippen LogP contribution in [0, 0.1) is 5.92 Å². The van der Waals surface area contributed by atoms with Gasteiger partial charge in [-0.15, -0.1) is 0 Å². The molecule has 3 aromatic carbocycles. The molecule has 0 spiro atoms. The number of sulfonamides is 1. The molecule has 3 atom stereocenters. The van der Waals surface area contributed by atoms with Crippen LogP contribution in [-0.4, -0.2) is 8.42 Å². The molecule has 0 saturated heterocycles. The van der Waals surface area contributed by atoms with E-state index in [0.717, 1.165) is 22.1 Å². The van der Waals surface area contributed by atoms with Crippen LogP contribution in [0.1, 0.15) is 29.5 Å². The third-order valence-corrected chi connectivity index (χ3v) is 8.78. The number of hydrogen-bond donors (Lipinski definition) is 2. The Hall–Kier alpha value is -1.99. The summed E-state index contributed by atoms with van der Waals surface area (Å²) in [4.78, 5) is 0.190. The second-order valence-corrected chi connectivity index (χ2v) is 11.4. The van der Waals surface area contributed by atoms with E-state index in [1.807, 2.05) is 18.2 Å². The molecule has 0 amide bonds. The molecule has 164 valence electrons. The van der Waals surface area contributed by atoms with Gasteiger partial charge in [-0.2, -0.15) is 0 Å². The SMILES string of the molecule is O=S(=O)(Nc1cccc(Cl)c1Cl)c1ccc2c(c1)[C@H]1C=CC[C@H]1[C@H](c1ccc(Br)cc1)N2. The summed E-state index contributed by atoms with van der Waals surface area (Å²) in [7, 11) is -3.84. The van der Waals surface area contributed by atoms with Gasteiger partial charge in [0.05, 0.1) is 26.7 Å². The highest BCUT2D eigenvalue weighted by Crippen LogP contribution is 2.50. The number of allylic oxidation sites excluding steroid dienone is 2. The van der Waals surface area contributed by atoms with Gasteiger partial charge in [0.2, 0.25) is 0 Å². The zero-order valence-electron chi connectivity index (χ0n) is 16.7. The minimum absolute atomic E-state index is 0.143. The van der Waals surface area contributed by atoms with E-state index >= 15 is 0 Å². The van der Waals surface area contributed by atoms with Gasteiger partial charge in [-0.05, 0) is 65.9 Å². The van der Waals surface area contributed by atoms with Crippen molar-refractivity contribution in [3.8, 4) is 0 Å². The molecule has 1 aliphatic carbocycles. The van der Waals surface area contributed by atoms with E-state index in [1.165, 1.54) is 5.56 Å². The van der Waals surface area contributed by atoms with Crippen molar-refractivity contribution < 1.29 is 8.42 Å². The van der Waals surface area contributed by atoms with Crippen molar-refractivity contribution in [1.82, 2.24) is 0 Å². The monoisotopic (exact) mass is 548 g/mol. The predicted molar refractivity (Wildman–Crippen MR) is 134 cm³/mol. The van der Waals surface area contributed by atoms with Crippen molar-refractivity contribution in [3.63, 3.8) is 0 Å². The number of halogens is 3. The maximum Gasteiger partial charge on any atom is 0.261 e. The zero-order valence-corrected chi connectivity index (χ0v) is 20.6. The normalized spacial score (nSPS) is 21.5. The highest BCUT2D eigenvalue weighted by molar-refractivity contribution is 9.10. The first-order valence-electron chi connectivity index (χ1n) is 10.1. The lowest BCUT2D eigenvalue weighted by Gasteiger charge is -2.37. The van der Waals surface area contributed by atoms with Gasteiger partial charge >= 0.3 is 0 Å². The number of nitrogens with one attached hydrogen (secondary N) is 2. The summed E-state index contributed by atoms with van der Waals surface area (Å²) in [6.07, 6.45) is 5.31. The number of benzene rings is 3. The fourth-order valence-electron chi connectivity index (χ4n) is 4.53. The van der Waals surface area contributed by atoms with Crippen molar-refractivity contribution in [3.05, 3.63) is 98.5 Å². The molecule has 0 fully saturated rings. The minimum atomic E-state index is -3.84. The fourth-order valence-corrected chi connectivity index (χ4v) is 6.30. The van der Waals surface area contributed by atoms with Crippen LogP contribution in [0.2, 0.25) is 10.0 Å². The lowest BCUT2D eigenvalue weighted by molar-refractivity contribution is 0.425. The summed E-state index contributed by atoms with van der Waals surface area (Å²) in [5.41, 5.74) is 3.40. The molecular weight excluding hydrogens is 531 g/mol. The van der Waals surface area contributed by atoms with E-state index in [0.29, 0.717) is 10.9 Å². The number of rotatable bonds is 4.